The molecule has 0 amide bonds. The first-order valence-electron chi connectivity index (χ1n) is 10.5. The molecule has 3 aromatic rings. The van der Waals surface area contributed by atoms with E-state index in [0.29, 0.717) is 23.6 Å². The summed E-state index contributed by atoms with van der Waals surface area (Å²) in [7, 11) is -1.07. The van der Waals surface area contributed by atoms with Crippen LogP contribution >= 0.6 is 11.3 Å². The fourth-order valence-corrected chi connectivity index (χ4v) is 6.07. The highest BCUT2D eigenvalue weighted by Crippen LogP contribution is 2.36. The summed E-state index contributed by atoms with van der Waals surface area (Å²) in [5, 5.41) is 11.5. The number of nitrogens with one attached hydrogen (secondary N) is 1. The van der Waals surface area contributed by atoms with E-state index in [0.717, 1.165) is 30.8 Å². The Morgan fingerprint density at radius 3 is 2.53 bits per heavy atom. The Labute approximate surface area is 201 Å². The van der Waals surface area contributed by atoms with Gasteiger partial charge in [-0.3, -0.25) is 19.7 Å². The van der Waals surface area contributed by atoms with E-state index in [2.05, 4.69) is 14.6 Å². The predicted octanol–water partition coefficient (Wildman–Crippen LogP) is 4.13. The number of methoxy groups -OCH3 is 2. The number of ether oxygens (including phenoxy) is 2. The van der Waals surface area contributed by atoms with Crippen molar-refractivity contribution in [2.75, 3.05) is 32.0 Å². The SMILES string of the molecule is COc1ccc(S(=O)(=O)Nc2nc(-c3cccc([N+](=O)[O-])c3)c(CN3CCCC3)s2)cc1OC. The molecule has 0 radical (unpaired) electrons. The number of anilines is 1. The average molecular weight is 505 g/mol. The van der Waals surface area contributed by atoms with Crippen molar-refractivity contribution < 1.29 is 22.8 Å². The van der Waals surface area contributed by atoms with E-state index in [1.54, 1.807) is 12.1 Å². The number of likely N-dealkylation sites (tertiary alicyclic amines) is 1. The van der Waals surface area contributed by atoms with Crippen molar-refractivity contribution in [1.82, 2.24) is 9.88 Å². The van der Waals surface area contributed by atoms with E-state index in [1.165, 1.54) is 55.9 Å². The summed E-state index contributed by atoms with van der Waals surface area (Å²) in [5.41, 5.74) is 1.05. The van der Waals surface area contributed by atoms with Crippen LogP contribution in [0.2, 0.25) is 0 Å². The molecular formula is C22H24N4O6S2. The lowest BCUT2D eigenvalue weighted by Gasteiger charge is -2.13. The summed E-state index contributed by atoms with van der Waals surface area (Å²) < 4.78 is 39.1. The van der Waals surface area contributed by atoms with Gasteiger partial charge in [0.1, 0.15) is 0 Å². The van der Waals surface area contributed by atoms with Gasteiger partial charge in [0.2, 0.25) is 0 Å². The fraction of sp³-hybridized carbons (Fsp3) is 0.318. The van der Waals surface area contributed by atoms with Crippen LogP contribution in [-0.4, -0.2) is 50.5 Å². The lowest BCUT2D eigenvalue weighted by Crippen LogP contribution is -2.18. The maximum atomic E-state index is 13.1. The van der Waals surface area contributed by atoms with E-state index >= 15 is 0 Å². The van der Waals surface area contributed by atoms with Gasteiger partial charge < -0.3 is 9.47 Å². The van der Waals surface area contributed by atoms with E-state index in [4.69, 9.17) is 9.47 Å². The zero-order chi connectivity index (χ0) is 24.3. The summed E-state index contributed by atoms with van der Waals surface area (Å²) in [6, 6.07) is 10.5. The van der Waals surface area contributed by atoms with E-state index in [9.17, 15) is 18.5 Å². The molecule has 0 aliphatic carbocycles. The van der Waals surface area contributed by atoms with Crippen molar-refractivity contribution in [3.63, 3.8) is 0 Å². The van der Waals surface area contributed by atoms with E-state index < -0.39 is 14.9 Å². The van der Waals surface area contributed by atoms with Crippen LogP contribution in [-0.2, 0) is 16.6 Å². The number of benzene rings is 2. The smallest absolute Gasteiger partial charge is 0.270 e. The molecular weight excluding hydrogens is 480 g/mol. The maximum absolute atomic E-state index is 13.1. The third kappa shape index (κ3) is 5.13. The molecule has 0 spiro atoms. The number of rotatable bonds is 9. The Morgan fingerprint density at radius 2 is 1.85 bits per heavy atom. The molecule has 1 aliphatic rings. The van der Waals surface area contributed by atoms with Gasteiger partial charge in [0.15, 0.2) is 16.6 Å². The highest BCUT2D eigenvalue weighted by molar-refractivity contribution is 7.93. The number of hydrogen-bond acceptors (Lipinski definition) is 9. The summed E-state index contributed by atoms with van der Waals surface area (Å²) in [6.45, 7) is 2.48. The molecule has 1 aromatic heterocycles. The van der Waals surface area contributed by atoms with Crippen LogP contribution in [0.5, 0.6) is 11.5 Å². The van der Waals surface area contributed by atoms with E-state index in [1.807, 2.05) is 0 Å². The summed E-state index contributed by atoms with van der Waals surface area (Å²) >= 11 is 1.23. The number of non-ortho nitro benzene ring substituents is 1. The quantitative estimate of drug-likeness (QED) is 0.341. The summed E-state index contributed by atoms with van der Waals surface area (Å²) in [6.07, 6.45) is 2.20. The molecule has 2 heterocycles. The molecule has 1 saturated heterocycles. The first-order valence-corrected chi connectivity index (χ1v) is 12.8. The molecule has 12 heteroatoms. The molecule has 4 rings (SSSR count). The largest absolute Gasteiger partial charge is 0.493 e. The Balaban J connectivity index is 1.69. The average Bonchev–Trinajstić information content (AvgIpc) is 3.48. The van der Waals surface area contributed by atoms with Crippen molar-refractivity contribution in [1.29, 1.82) is 0 Å². The minimum atomic E-state index is -3.96. The van der Waals surface area contributed by atoms with Gasteiger partial charge in [0.25, 0.3) is 15.7 Å². The van der Waals surface area contributed by atoms with Crippen LogP contribution in [0.3, 0.4) is 0 Å². The van der Waals surface area contributed by atoms with Gasteiger partial charge in [-0.1, -0.05) is 23.5 Å². The molecule has 1 aliphatic heterocycles. The summed E-state index contributed by atoms with van der Waals surface area (Å²) in [5.74, 6) is 0.702. The fourth-order valence-electron chi connectivity index (χ4n) is 3.80. The molecule has 0 unspecified atom stereocenters. The van der Waals surface area contributed by atoms with Gasteiger partial charge in [0.05, 0.1) is 29.7 Å². The number of nitro benzene ring substituents is 1. The van der Waals surface area contributed by atoms with Gasteiger partial charge in [-0.2, -0.15) is 0 Å². The molecule has 1 N–H and O–H groups in total. The molecule has 2 aromatic carbocycles. The Hall–Kier alpha value is -3.22. The van der Waals surface area contributed by atoms with Crippen LogP contribution in [0, 0.1) is 10.1 Å². The van der Waals surface area contributed by atoms with Crippen LogP contribution in [0.1, 0.15) is 17.7 Å². The van der Waals surface area contributed by atoms with Crippen molar-refractivity contribution in [2.24, 2.45) is 0 Å². The van der Waals surface area contributed by atoms with Crippen molar-refractivity contribution in [3.8, 4) is 22.8 Å². The number of sulfonamides is 1. The highest BCUT2D eigenvalue weighted by Gasteiger charge is 2.23. The second-order valence-corrected chi connectivity index (χ2v) is 10.5. The molecule has 0 saturated carbocycles. The minimum absolute atomic E-state index is 0.00154. The maximum Gasteiger partial charge on any atom is 0.270 e. The van der Waals surface area contributed by atoms with Crippen LogP contribution in [0.4, 0.5) is 10.8 Å². The highest BCUT2D eigenvalue weighted by atomic mass is 32.2. The van der Waals surface area contributed by atoms with E-state index in [-0.39, 0.29) is 21.5 Å². The van der Waals surface area contributed by atoms with Crippen molar-refractivity contribution in [3.05, 3.63) is 57.5 Å². The number of aromatic nitrogens is 1. The Kier molecular flexibility index (Phi) is 7.00. The monoisotopic (exact) mass is 504 g/mol. The Bertz CT molecular complexity index is 1300. The second-order valence-electron chi connectivity index (χ2n) is 7.70. The molecule has 34 heavy (non-hydrogen) atoms. The third-order valence-corrected chi connectivity index (χ3v) is 7.90. The minimum Gasteiger partial charge on any atom is -0.493 e. The van der Waals surface area contributed by atoms with Gasteiger partial charge >= 0.3 is 0 Å². The normalized spacial score (nSPS) is 14.2. The summed E-state index contributed by atoms with van der Waals surface area (Å²) in [4.78, 5) is 18.4. The number of nitro groups is 1. The van der Waals surface area contributed by atoms with Crippen molar-refractivity contribution >= 4 is 32.2 Å². The second kappa shape index (κ2) is 9.95. The Morgan fingerprint density at radius 1 is 1.12 bits per heavy atom. The lowest BCUT2D eigenvalue weighted by molar-refractivity contribution is -0.384. The zero-order valence-electron chi connectivity index (χ0n) is 18.7. The number of thiazole rings is 1. The zero-order valence-corrected chi connectivity index (χ0v) is 20.3. The molecule has 0 atom stereocenters. The third-order valence-electron chi connectivity index (χ3n) is 5.48. The van der Waals surface area contributed by atoms with Crippen LogP contribution in [0.15, 0.2) is 47.4 Å². The van der Waals surface area contributed by atoms with Crippen LogP contribution < -0.4 is 14.2 Å². The van der Waals surface area contributed by atoms with Gasteiger partial charge in [0, 0.05) is 35.2 Å². The van der Waals surface area contributed by atoms with Crippen LogP contribution in [0.25, 0.3) is 11.3 Å². The molecule has 10 nitrogen and oxygen atoms in total. The first kappa shape index (κ1) is 23.9. The number of nitrogens with zero attached hydrogens (tertiary/aromatic N) is 3. The van der Waals surface area contributed by atoms with Gasteiger partial charge in [-0.15, -0.1) is 0 Å². The molecule has 1 fully saturated rings. The first-order chi connectivity index (χ1) is 16.3. The standard InChI is InChI=1S/C22H24N4O6S2/c1-31-18-9-8-17(13-19(18)32-2)34(29,30)24-22-23-21(15-6-5-7-16(12-15)26(27)28)20(33-22)14-25-10-3-4-11-25/h5-9,12-13H,3-4,10-11,14H2,1-2H3,(H,23,24). The molecule has 0 bridgehead atoms. The lowest BCUT2D eigenvalue weighted by atomic mass is 10.1. The molecule has 180 valence electrons. The van der Waals surface area contributed by atoms with Crippen molar-refractivity contribution in [2.45, 2.75) is 24.3 Å². The number of hydrogen-bond donors (Lipinski definition) is 1. The predicted molar refractivity (Wildman–Crippen MR) is 129 cm³/mol. The van der Waals surface area contributed by atoms with Gasteiger partial charge in [-0.05, 0) is 38.1 Å². The van der Waals surface area contributed by atoms with Gasteiger partial charge in [-0.25, -0.2) is 13.4 Å². The topological polar surface area (TPSA) is 124 Å².